The lowest BCUT2D eigenvalue weighted by molar-refractivity contribution is 1.10. The van der Waals surface area contributed by atoms with Crippen molar-refractivity contribution in [3.63, 3.8) is 0 Å². The van der Waals surface area contributed by atoms with Crippen LogP contribution in [0.5, 0.6) is 0 Å². The van der Waals surface area contributed by atoms with Gasteiger partial charge >= 0.3 is 0 Å². The van der Waals surface area contributed by atoms with E-state index in [9.17, 15) is 0 Å². The number of nitrogens with zero attached hydrogens (tertiary/aromatic N) is 6. The number of para-hydroxylation sites is 2. The van der Waals surface area contributed by atoms with Gasteiger partial charge in [0.05, 0.1) is 55.9 Å². The fraction of sp³-hybridized carbons (Fsp3) is 0.0345. The van der Waals surface area contributed by atoms with Gasteiger partial charge in [-0.25, -0.2) is 0 Å². The summed E-state index contributed by atoms with van der Waals surface area (Å²) in [6.07, 6.45) is 4.32. The van der Waals surface area contributed by atoms with Crippen molar-refractivity contribution in [2.45, 2.75) is 27.7 Å². The molecule has 0 saturated carbocycles. The molecule has 6 heteroatoms. The second-order valence-electron chi connectivity index (χ2n) is 32.9. The minimum Gasteiger partial charge on any atom is -0.317 e. The number of benzene rings is 18. The van der Waals surface area contributed by atoms with E-state index >= 15 is 0 Å². The van der Waals surface area contributed by atoms with E-state index in [-0.39, 0.29) is 0 Å². The molecule has 576 valence electrons. The van der Waals surface area contributed by atoms with E-state index in [1.807, 2.05) is 0 Å². The van der Waals surface area contributed by atoms with Crippen molar-refractivity contribution in [3.8, 4) is 101 Å². The molecular formula is C116H82N6. The summed E-state index contributed by atoms with van der Waals surface area (Å²) in [4.78, 5) is 0. The Labute approximate surface area is 707 Å². The van der Waals surface area contributed by atoms with E-state index in [0.717, 1.165) is 45.5 Å². The number of hydrogen-bond donors (Lipinski definition) is 0. The highest BCUT2D eigenvalue weighted by atomic mass is 15.0. The van der Waals surface area contributed by atoms with Crippen LogP contribution in [0.2, 0.25) is 0 Å². The zero-order chi connectivity index (χ0) is 81.2. The molecule has 0 atom stereocenters. The fourth-order valence-electron chi connectivity index (χ4n) is 19.0. The summed E-state index contributed by atoms with van der Waals surface area (Å²) in [6, 6.07) is 152. The molecule has 24 rings (SSSR count). The molecule has 0 spiro atoms. The first-order chi connectivity index (χ1) is 60.1. The van der Waals surface area contributed by atoms with E-state index in [4.69, 9.17) is 0 Å². The third-order valence-electron chi connectivity index (χ3n) is 25.2. The van der Waals surface area contributed by atoms with Crippen molar-refractivity contribution in [1.29, 1.82) is 0 Å². The van der Waals surface area contributed by atoms with Gasteiger partial charge in [-0.15, -0.1) is 0 Å². The fourth-order valence-corrected chi connectivity index (χ4v) is 19.0. The molecule has 18 aromatic carbocycles. The first kappa shape index (κ1) is 71.5. The Morgan fingerprint density at radius 3 is 0.648 bits per heavy atom. The van der Waals surface area contributed by atoms with Crippen molar-refractivity contribution in [1.82, 2.24) is 27.4 Å². The van der Waals surface area contributed by atoms with Gasteiger partial charge in [0.1, 0.15) is 0 Å². The molecule has 0 fully saturated rings. The molecule has 0 aliphatic carbocycles. The van der Waals surface area contributed by atoms with Gasteiger partial charge in [0, 0.05) is 68.1 Å². The molecule has 0 N–H and O–H groups in total. The highest BCUT2D eigenvalue weighted by Gasteiger charge is 2.24. The van der Waals surface area contributed by atoms with Crippen LogP contribution in [0.4, 0.5) is 0 Å². The normalized spacial score (nSPS) is 11.8. The number of aryl methyl sites for hydroxylation is 4. The Kier molecular flexibility index (Phi) is 17.1. The summed E-state index contributed by atoms with van der Waals surface area (Å²) in [5, 5.41) is 17.3. The first-order valence-corrected chi connectivity index (χ1v) is 42.1. The van der Waals surface area contributed by atoms with Crippen LogP contribution in [-0.4, -0.2) is 27.4 Å². The SMILES string of the molecule is Cc1ccc(-c2cc3cc4c(cc(-c5ccc(C)cc5)n4-c4ccc(-c5c6ccccc6cc6ccccc56)cc4)cc3n2-c2ccc(-c3c4ccccc4cc4ccccc34)cc2)cc1.Cc1ccc(-c2cc3cc4c(cc(-c5ccc(C)cc5)n4-c4ccc(-n5ccc6ccccc65)cc4)cc3n2-c2ccc(-n3ccc4ccccc43)cc2)cc1. The second-order valence-corrected chi connectivity index (χ2v) is 32.9. The van der Waals surface area contributed by atoms with Gasteiger partial charge in [0.15, 0.2) is 0 Å². The lowest BCUT2D eigenvalue weighted by Gasteiger charge is -2.15. The maximum Gasteiger partial charge on any atom is 0.0542 e. The molecule has 122 heavy (non-hydrogen) atoms. The van der Waals surface area contributed by atoms with Crippen LogP contribution in [0.3, 0.4) is 0 Å². The predicted octanol–water partition coefficient (Wildman–Crippen LogP) is 30.9. The number of fused-ring (bicyclic) bond motifs is 10. The summed E-state index contributed by atoms with van der Waals surface area (Å²) in [6.45, 7) is 8.60. The minimum atomic E-state index is 1.13. The number of rotatable bonds is 12. The van der Waals surface area contributed by atoms with E-state index in [1.165, 1.54) is 187 Å². The Bertz CT molecular complexity index is 7610. The molecule has 0 unspecified atom stereocenters. The van der Waals surface area contributed by atoms with Crippen LogP contribution < -0.4 is 0 Å². The van der Waals surface area contributed by atoms with Crippen LogP contribution in [0.1, 0.15) is 22.3 Å². The summed E-state index contributed by atoms with van der Waals surface area (Å²) >= 11 is 0. The van der Waals surface area contributed by atoms with Crippen molar-refractivity contribution >= 4 is 109 Å². The lowest BCUT2D eigenvalue weighted by atomic mass is 9.92. The molecule has 6 nitrogen and oxygen atoms in total. The van der Waals surface area contributed by atoms with Gasteiger partial charge in [0.25, 0.3) is 0 Å². The van der Waals surface area contributed by atoms with Crippen LogP contribution in [0, 0.1) is 27.7 Å². The molecule has 6 heterocycles. The molecule has 0 saturated heterocycles. The average molecular weight is 1560 g/mol. The molecule has 0 bridgehead atoms. The zero-order valence-electron chi connectivity index (χ0n) is 68.1. The van der Waals surface area contributed by atoms with E-state index < -0.39 is 0 Å². The molecule has 0 aliphatic heterocycles. The maximum atomic E-state index is 2.45. The smallest absolute Gasteiger partial charge is 0.0542 e. The van der Waals surface area contributed by atoms with Crippen LogP contribution >= 0.6 is 0 Å². The molecule has 0 amide bonds. The predicted molar refractivity (Wildman–Crippen MR) is 515 cm³/mol. The van der Waals surface area contributed by atoms with Crippen LogP contribution in [0.25, 0.3) is 210 Å². The quantitative estimate of drug-likeness (QED) is 0.109. The maximum absolute atomic E-state index is 2.45. The summed E-state index contributed by atoms with van der Waals surface area (Å²) < 4.78 is 14.3. The largest absolute Gasteiger partial charge is 0.317 e. The van der Waals surface area contributed by atoms with Gasteiger partial charge < -0.3 is 27.4 Å². The monoisotopic (exact) mass is 1560 g/mol. The van der Waals surface area contributed by atoms with Gasteiger partial charge in [-0.3, -0.25) is 0 Å². The van der Waals surface area contributed by atoms with Gasteiger partial charge in [-0.2, -0.15) is 0 Å². The average Bonchev–Trinajstić information content (AvgIpc) is 1.63. The third-order valence-corrected chi connectivity index (χ3v) is 25.2. The molecule has 6 aromatic heterocycles. The van der Waals surface area contributed by atoms with Gasteiger partial charge in [0.2, 0.25) is 0 Å². The Hall–Kier alpha value is -15.8. The van der Waals surface area contributed by atoms with Crippen molar-refractivity contribution in [2.24, 2.45) is 0 Å². The zero-order valence-corrected chi connectivity index (χ0v) is 68.1. The van der Waals surface area contributed by atoms with Gasteiger partial charge in [-0.1, -0.05) is 277 Å². The number of hydrogen-bond acceptors (Lipinski definition) is 0. The Morgan fingerprint density at radius 1 is 0.156 bits per heavy atom. The van der Waals surface area contributed by atoms with E-state index in [2.05, 4.69) is 480 Å². The molecule has 24 aromatic rings. The van der Waals surface area contributed by atoms with Crippen LogP contribution in [0.15, 0.2) is 425 Å². The highest BCUT2D eigenvalue weighted by Crippen LogP contribution is 2.45. The molecule has 0 radical (unpaired) electrons. The van der Waals surface area contributed by atoms with Gasteiger partial charge in [-0.05, 0) is 284 Å². The van der Waals surface area contributed by atoms with Crippen molar-refractivity contribution in [3.05, 3.63) is 447 Å². The van der Waals surface area contributed by atoms with Crippen LogP contribution in [-0.2, 0) is 0 Å². The first-order valence-electron chi connectivity index (χ1n) is 42.1. The Balaban J connectivity index is 0.000000144. The highest BCUT2D eigenvalue weighted by molar-refractivity contribution is 6.15. The van der Waals surface area contributed by atoms with Crippen molar-refractivity contribution in [2.75, 3.05) is 0 Å². The lowest BCUT2D eigenvalue weighted by Crippen LogP contribution is -1.99. The molecular weight excluding hydrogens is 1480 g/mol. The summed E-state index contributed by atoms with van der Waals surface area (Å²) in [7, 11) is 0. The standard InChI is InChI=1S/C64H44N2.C52H38N4/c1-41-19-23-43(24-20-41)59-37-51-39-62-52(40-61(51)65(59)53-31-27-45(28-32-53)63-55-15-7-3-11-47(55)35-48-12-4-8-16-56(48)63)38-60(44-25-21-42(2)22-26-44)66(62)54-33-29-46(30-34-54)64-57-17-9-5-13-49(57)36-50-14-6-10-18-58(50)64;1-35-11-15-39(16-12-35)49-31-41-33-52-42(34-51(41)55(49)45-23-19-43(20-24-45)53-29-27-37-7-3-5-9-47(37)53)32-50(40-17-13-36(2)14-18-40)56(52)46-25-21-44(22-26-46)54-30-28-38-8-4-6-10-48(38)54/h3-40H,1-2H3;3-34H,1-2H3. The van der Waals surface area contributed by atoms with Crippen molar-refractivity contribution < 1.29 is 0 Å². The summed E-state index contributed by atoms with van der Waals surface area (Å²) in [5.41, 5.74) is 33.3. The third kappa shape index (κ3) is 12.3. The Morgan fingerprint density at radius 2 is 0.377 bits per heavy atom. The summed E-state index contributed by atoms with van der Waals surface area (Å²) in [5.74, 6) is 0. The minimum absolute atomic E-state index is 1.13. The topological polar surface area (TPSA) is 29.6 Å². The second kappa shape index (κ2) is 29.1. The molecule has 0 aliphatic rings. The van der Waals surface area contributed by atoms with E-state index in [0.29, 0.717) is 0 Å². The number of aromatic nitrogens is 6. The van der Waals surface area contributed by atoms with E-state index in [1.54, 1.807) is 0 Å².